The third-order valence-electron chi connectivity index (χ3n) is 5.94. The van der Waals surface area contributed by atoms with Crippen molar-refractivity contribution in [2.45, 2.75) is 49.9 Å². The van der Waals surface area contributed by atoms with Gasteiger partial charge in [0.15, 0.2) is 4.34 Å². The van der Waals surface area contributed by atoms with Crippen molar-refractivity contribution in [2.75, 3.05) is 11.1 Å². The zero-order valence-corrected chi connectivity index (χ0v) is 17.4. The molecular formula is C20H26N4OS2. The SMILES string of the molecule is Cc1ccccc1Nc1nnc(SCC(=O)N[C@H](C)[C@H]2C[C@H]3CC[C@H]2C3)s1. The molecule has 2 N–H and O–H groups in total. The number of hydrogen-bond donors (Lipinski definition) is 2. The van der Waals surface area contributed by atoms with E-state index < -0.39 is 0 Å². The molecule has 1 aromatic heterocycles. The molecule has 0 aliphatic heterocycles. The lowest BCUT2D eigenvalue weighted by molar-refractivity contribution is -0.119. The second-order valence-corrected chi connectivity index (χ2v) is 10.00. The van der Waals surface area contributed by atoms with Crippen LogP contribution in [0.3, 0.4) is 0 Å². The Bertz CT molecular complexity index is 809. The summed E-state index contributed by atoms with van der Waals surface area (Å²) in [5.41, 5.74) is 2.19. The highest BCUT2D eigenvalue weighted by Crippen LogP contribution is 2.49. The number of anilines is 2. The fourth-order valence-corrected chi connectivity index (χ4v) is 6.16. The average molecular weight is 403 g/mol. The number of carbonyl (C=O) groups excluding carboxylic acids is 1. The summed E-state index contributed by atoms with van der Waals surface area (Å²) < 4.78 is 0.814. The Kier molecular flexibility index (Phi) is 5.68. The summed E-state index contributed by atoms with van der Waals surface area (Å²) in [5, 5.41) is 15.6. The van der Waals surface area contributed by atoms with Gasteiger partial charge < -0.3 is 10.6 Å². The van der Waals surface area contributed by atoms with Crippen LogP contribution in [0.1, 0.15) is 38.2 Å². The van der Waals surface area contributed by atoms with E-state index in [1.807, 2.05) is 18.2 Å². The number of carbonyl (C=O) groups is 1. The van der Waals surface area contributed by atoms with Gasteiger partial charge in [0.1, 0.15) is 0 Å². The Hall–Kier alpha value is -1.60. The van der Waals surface area contributed by atoms with Crippen LogP contribution in [-0.2, 0) is 4.79 Å². The Balaban J connectivity index is 1.25. The monoisotopic (exact) mass is 402 g/mol. The van der Waals surface area contributed by atoms with Crippen LogP contribution < -0.4 is 10.6 Å². The highest BCUT2D eigenvalue weighted by Gasteiger charge is 2.42. The topological polar surface area (TPSA) is 66.9 Å². The van der Waals surface area contributed by atoms with Crippen LogP contribution in [0, 0.1) is 24.7 Å². The number of benzene rings is 1. The molecule has 2 aliphatic rings. The van der Waals surface area contributed by atoms with Gasteiger partial charge in [0.25, 0.3) is 0 Å². The van der Waals surface area contributed by atoms with E-state index in [2.05, 4.69) is 40.7 Å². The lowest BCUT2D eigenvalue weighted by Gasteiger charge is -2.28. The standard InChI is InChI=1S/C20H26N4OS2/c1-12-5-3-4-6-17(12)22-19-23-24-20(27-19)26-11-18(25)21-13(2)16-10-14-7-8-15(16)9-14/h3-6,13-16H,7-11H2,1-2H3,(H,21,25)(H,22,23)/t13-,14+,15+,16-/m1/s1. The molecular weight excluding hydrogens is 376 g/mol. The average Bonchev–Trinajstić information content (AvgIpc) is 3.39. The third kappa shape index (κ3) is 4.46. The molecule has 5 nitrogen and oxygen atoms in total. The number of aromatic nitrogens is 2. The number of fused-ring (bicyclic) bond motifs is 2. The van der Waals surface area contributed by atoms with Gasteiger partial charge in [-0.2, -0.15) is 0 Å². The molecule has 2 saturated carbocycles. The third-order valence-corrected chi connectivity index (χ3v) is 7.92. The summed E-state index contributed by atoms with van der Waals surface area (Å²) in [4.78, 5) is 12.3. The Morgan fingerprint density at radius 3 is 2.89 bits per heavy atom. The molecule has 2 fully saturated rings. The van der Waals surface area contributed by atoms with Gasteiger partial charge in [-0.3, -0.25) is 4.79 Å². The number of aryl methyl sites for hydroxylation is 1. The van der Waals surface area contributed by atoms with Crippen molar-refractivity contribution in [2.24, 2.45) is 17.8 Å². The zero-order chi connectivity index (χ0) is 18.8. The summed E-state index contributed by atoms with van der Waals surface area (Å²) in [5.74, 6) is 2.90. The first kappa shape index (κ1) is 18.7. The number of rotatable bonds is 7. The molecule has 144 valence electrons. The predicted octanol–water partition coefficient (Wildman–Crippen LogP) is 4.62. The molecule has 0 spiro atoms. The maximum absolute atomic E-state index is 12.3. The Morgan fingerprint density at radius 1 is 1.30 bits per heavy atom. The van der Waals surface area contributed by atoms with Gasteiger partial charge in [0.2, 0.25) is 11.0 Å². The van der Waals surface area contributed by atoms with Crippen LogP contribution in [-0.4, -0.2) is 27.9 Å². The largest absolute Gasteiger partial charge is 0.353 e. The highest BCUT2D eigenvalue weighted by molar-refractivity contribution is 8.01. The van der Waals surface area contributed by atoms with Crippen LogP contribution in [0.5, 0.6) is 0 Å². The Labute approximate surface area is 168 Å². The maximum Gasteiger partial charge on any atom is 0.230 e. The molecule has 0 saturated heterocycles. The second-order valence-electron chi connectivity index (χ2n) is 7.80. The molecule has 2 aromatic rings. The zero-order valence-electron chi connectivity index (χ0n) is 15.8. The minimum Gasteiger partial charge on any atom is -0.353 e. The fraction of sp³-hybridized carbons (Fsp3) is 0.550. The molecule has 1 amide bonds. The van der Waals surface area contributed by atoms with Crippen molar-refractivity contribution >= 4 is 39.8 Å². The summed E-state index contributed by atoms with van der Waals surface area (Å²) in [6.07, 6.45) is 5.42. The van der Waals surface area contributed by atoms with Gasteiger partial charge in [0.05, 0.1) is 5.75 Å². The first-order valence-electron chi connectivity index (χ1n) is 9.67. The van der Waals surface area contributed by atoms with Crippen LogP contribution >= 0.6 is 23.1 Å². The minimum absolute atomic E-state index is 0.0962. The number of para-hydroxylation sites is 1. The van der Waals surface area contributed by atoms with Gasteiger partial charge in [-0.1, -0.05) is 47.7 Å². The van der Waals surface area contributed by atoms with E-state index in [9.17, 15) is 4.79 Å². The number of thioether (sulfide) groups is 1. The van der Waals surface area contributed by atoms with E-state index in [1.165, 1.54) is 48.8 Å². The first-order chi connectivity index (χ1) is 13.1. The molecule has 0 radical (unpaired) electrons. The van der Waals surface area contributed by atoms with E-state index in [4.69, 9.17) is 0 Å². The van der Waals surface area contributed by atoms with Gasteiger partial charge in [-0.05, 0) is 62.5 Å². The second kappa shape index (κ2) is 8.19. The minimum atomic E-state index is 0.0962. The van der Waals surface area contributed by atoms with E-state index in [1.54, 1.807) is 0 Å². The van der Waals surface area contributed by atoms with E-state index in [-0.39, 0.29) is 11.9 Å². The van der Waals surface area contributed by atoms with Crippen molar-refractivity contribution in [3.63, 3.8) is 0 Å². The summed E-state index contributed by atoms with van der Waals surface area (Å²) >= 11 is 2.94. The van der Waals surface area contributed by atoms with Crippen molar-refractivity contribution < 1.29 is 4.79 Å². The molecule has 27 heavy (non-hydrogen) atoms. The highest BCUT2D eigenvalue weighted by atomic mass is 32.2. The molecule has 2 aliphatic carbocycles. The van der Waals surface area contributed by atoms with Gasteiger partial charge >= 0.3 is 0 Å². The van der Waals surface area contributed by atoms with Crippen molar-refractivity contribution in [1.82, 2.24) is 15.5 Å². The van der Waals surface area contributed by atoms with Crippen molar-refractivity contribution in [3.05, 3.63) is 29.8 Å². The van der Waals surface area contributed by atoms with E-state index >= 15 is 0 Å². The van der Waals surface area contributed by atoms with E-state index in [0.29, 0.717) is 11.7 Å². The van der Waals surface area contributed by atoms with Crippen LogP contribution in [0.15, 0.2) is 28.6 Å². The van der Waals surface area contributed by atoms with Gasteiger partial charge in [0, 0.05) is 11.7 Å². The molecule has 4 atom stereocenters. The van der Waals surface area contributed by atoms with Gasteiger partial charge in [-0.15, -0.1) is 10.2 Å². The summed E-state index contributed by atoms with van der Waals surface area (Å²) in [6, 6.07) is 8.36. The predicted molar refractivity (Wildman–Crippen MR) is 112 cm³/mol. The Morgan fingerprint density at radius 2 is 2.15 bits per heavy atom. The quantitative estimate of drug-likeness (QED) is 0.661. The number of amides is 1. The molecule has 0 unspecified atom stereocenters. The molecule has 2 bridgehead atoms. The fourth-order valence-electron chi connectivity index (χ4n) is 4.58. The summed E-state index contributed by atoms with van der Waals surface area (Å²) in [6.45, 7) is 4.23. The van der Waals surface area contributed by atoms with Crippen LogP contribution in [0.2, 0.25) is 0 Å². The number of hydrogen-bond acceptors (Lipinski definition) is 6. The first-order valence-corrected chi connectivity index (χ1v) is 11.5. The van der Waals surface area contributed by atoms with Crippen molar-refractivity contribution in [1.29, 1.82) is 0 Å². The molecule has 1 heterocycles. The van der Waals surface area contributed by atoms with Crippen LogP contribution in [0.4, 0.5) is 10.8 Å². The summed E-state index contributed by atoms with van der Waals surface area (Å²) in [7, 11) is 0. The van der Waals surface area contributed by atoms with Gasteiger partial charge in [-0.25, -0.2) is 0 Å². The molecule has 1 aromatic carbocycles. The number of nitrogens with zero attached hydrogens (tertiary/aromatic N) is 2. The normalized spacial score (nSPS) is 24.7. The molecule has 7 heteroatoms. The maximum atomic E-state index is 12.3. The van der Waals surface area contributed by atoms with Crippen molar-refractivity contribution in [3.8, 4) is 0 Å². The lowest BCUT2D eigenvalue weighted by Crippen LogP contribution is -2.40. The number of nitrogens with one attached hydrogen (secondary N) is 2. The molecule has 4 rings (SSSR count). The lowest BCUT2D eigenvalue weighted by atomic mass is 9.84. The smallest absolute Gasteiger partial charge is 0.230 e. The van der Waals surface area contributed by atoms with E-state index in [0.717, 1.165) is 32.6 Å². The van der Waals surface area contributed by atoms with Crippen LogP contribution in [0.25, 0.3) is 0 Å².